The van der Waals surface area contributed by atoms with Gasteiger partial charge in [0.1, 0.15) is 5.82 Å². The van der Waals surface area contributed by atoms with Crippen LogP contribution in [0.1, 0.15) is 31.7 Å². The molecule has 0 amide bonds. The van der Waals surface area contributed by atoms with Gasteiger partial charge in [-0.3, -0.25) is 0 Å². The van der Waals surface area contributed by atoms with Gasteiger partial charge in [0.15, 0.2) is 0 Å². The van der Waals surface area contributed by atoms with Crippen molar-refractivity contribution in [2.24, 2.45) is 0 Å². The van der Waals surface area contributed by atoms with Crippen molar-refractivity contribution in [2.45, 2.75) is 44.2 Å². The Morgan fingerprint density at radius 3 is 2.89 bits per heavy atom. The van der Waals surface area contributed by atoms with Crippen LogP contribution < -0.4 is 5.32 Å². The summed E-state index contributed by atoms with van der Waals surface area (Å²) in [4.78, 5) is 0. The summed E-state index contributed by atoms with van der Waals surface area (Å²) in [6.07, 6.45) is 4.13. The van der Waals surface area contributed by atoms with E-state index < -0.39 is 0 Å². The van der Waals surface area contributed by atoms with Crippen LogP contribution in [0.3, 0.4) is 0 Å². The van der Waals surface area contributed by atoms with Crippen LogP contribution >= 0.6 is 15.9 Å². The molecule has 1 aromatic rings. The molecule has 0 aromatic heterocycles. The average molecular weight is 330 g/mol. The van der Waals surface area contributed by atoms with Gasteiger partial charge < -0.3 is 10.1 Å². The lowest BCUT2D eigenvalue weighted by atomic mass is 9.85. The topological polar surface area (TPSA) is 21.3 Å². The predicted octanol–water partition coefficient (Wildman–Crippen LogP) is 3.68. The van der Waals surface area contributed by atoms with Crippen LogP contribution in [-0.4, -0.2) is 25.3 Å². The van der Waals surface area contributed by atoms with Crippen molar-refractivity contribution in [1.29, 1.82) is 0 Å². The third-order valence-corrected chi connectivity index (χ3v) is 4.79. The second-order valence-corrected chi connectivity index (χ2v) is 6.25. The molecule has 1 aliphatic rings. The van der Waals surface area contributed by atoms with Gasteiger partial charge in [0.05, 0.1) is 5.60 Å². The van der Waals surface area contributed by atoms with Gasteiger partial charge in [0, 0.05) is 17.1 Å². The molecule has 19 heavy (non-hydrogen) atoms. The van der Waals surface area contributed by atoms with Crippen molar-refractivity contribution in [2.75, 3.05) is 13.7 Å². The molecule has 4 heteroatoms. The van der Waals surface area contributed by atoms with Crippen molar-refractivity contribution in [3.63, 3.8) is 0 Å². The maximum absolute atomic E-state index is 13.4. The summed E-state index contributed by atoms with van der Waals surface area (Å²) < 4.78 is 20.3. The third-order valence-electron chi connectivity index (χ3n) is 4.02. The molecule has 1 heterocycles. The molecule has 2 atom stereocenters. The minimum Gasteiger partial charge on any atom is -0.374 e. The number of likely N-dealkylation sites (N-methyl/N-ethyl adjacent to an activating group) is 1. The highest BCUT2D eigenvalue weighted by atomic mass is 79.9. The molecule has 2 rings (SSSR count). The first-order valence-corrected chi connectivity index (χ1v) is 7.59. The fourth-order valence-corrected chi connectivity index (χ4v) is 3.18. The molecule has 1 fully saturated rings. The van der Waals surface area contributed by atoms with E-state index in [9.17, 15) is 4.39 Å². The summed E-state index contributed by atoms with van der Waals surface area (Å²) in [5, 5.41) is 3.34. The van der Waals surface area contributed by atoms with E-state index in [1.807, 2.05) is 7.05 Å². The van der Waals surface area contributed by atoms with Crippen LogP contribution in [0, 0.1) is 5.82 Å². The average Bonchev–Trinajstić information content (AvgIpc) is 2.40. The molecule has 1 aliphatic heterocycles. The van der Waals surface area contributed by atoms with E-state index in [0.29, 0.717) is 0 Å². The van der Waals surface area contributed by atoms with Gasteiger partial charge in [-0.2, -0.15) is 0 Å². The molecule has 0 radical (unpaired) electrons. The zero-order valence-corrected chi connectivity index (χ0v) is 13.1. The van der Waals surface area contributed by atoms with E-state index in [-0.39, 0.29) is 17.5 Å². The normalized spacial score (nSPS) is 25.3. The fraction of sp³-hybridized carbons (Fsp3) is 0.600. The molecule has 1 saturated heterocycles. The Bertz CT molecular complexity index is 432. The summed E-state index contributed by atoms with van der Waals surface area (Å²) in [5.41, 5.74) is 0.813. The minimum atomic E-state index is -0.192. The SMILES string of the molecule is CNC(Cc1cc(F)ccc1Br)C1(C)CCCCO1. The van der Waals surface area contributed by atoms with E-state index in [1.165, 1.54) is 12.5 Å². The van der Waals surface area contributed by atoms with Crippen LogP contribution in [-0.2, 0) is 11.2 Å². The quantitative estimate of drug-likeness (QED) is 0.909. The minimum absolute atomic E-state index is 0.168. The molecule has 0 spiro atoms. The first-order valence-electron chi connectivity index (χ1n) is 6.80. The van der Waals surface area contributed by atoms with Gasteiger partial charge in [0.25, 0.3) is 0 Å². The molecule has 0 bridgehead atoms. The lowest BCUT2D eigenvalue weighted by Crippen LogP contribution is -2.52. The second-order valence-electron chi connectivity index (χ2n) is 5.40. The molecule has 2 unspecified atom stereocenters. The van der Waals surface area contributed by atoms with E-state index in [4.69, 9.17) is 4.74 Å². The number of hydrogen-bond donors (Lipinski definition) is 1. The number of halogens is 2. The van der Waals surface area contributed by atoms with Crippen LogP contribution in [0.25, 0.3) is 0 Å². The highest BCUT2D eigenvalue weighted by molar-refractivity contribution is 9.10. The van der Waals surface area contributed by atoms with Crippen LogP contribution in [0.15, 0.2) is 22.7 Å². The van der Waals surface area contributed by atoms with Crippen LogP contribution in [0.2, 0.25) is 0 Å². The number of hydrogen-bond acceptors (Lipinski definition) is 2. The fourth-order valence-electron chi connectivity index (χ4n) is 2.77. The summed E-state index contributed by atoms with van der Waals surface area (Å²) in [6, 6.07) is 5.02. The van der Waals surface area contributed by atoms with Crippen molar-refractivity contribution in [3.05, 3.63) is 34.1 Å². The Kier molecular flexibility index (Phi) is 4.98. The Hall–Kier alpha value is -0.450. The molecule has 1 aromatic carbocycles. The van der Waals surface area contributed by atoms with Crippen molar-refractivity contribution in [3.8, 4) is 0 Å². The number of nitrogens with one attached hydrogen (secondary N) is 1. The predicted molar refractivity (Wildman–Crippen MR) is 78.9 cm³/mol. The lowest BCUT2D eigenvalue weighted by molar-refractivity contribution is -0.0871. The maximum atomic E-state index is 13.4. The number of rotatable bonds is 4. The summed E-state index contributed by atoms with van der Waals surface area (Å²) in [6.45, 7) is 2.97. The Morgan fingerprint density at radius 2 is 2.26 bits per heavy atom. The zero-order valence-electron chi connectivity index (χ0n) is 11.5. The smallest absolute Gasteiger partial charge is 0.123 e. The Labute approximate surface area is 122 Å². The van der Waals surface area contributed by atoms with Gasteiger partial charge in [-0.1, -0.05) is 15.9 Å². The highest BCUT2D eigenvalue weighted by Gasteiger charge is 2.36. The first kappa shape index (κ1) is 14.9. The van der Waals surface area contributed by atoms with Gasteiger partial charge in [-0.05, 0) is 63.4 Å². The molecule has 2 nitrogen and oxygen atoms in total. The van der Waals surface area contributed by atoms with Gasteiger partial charge >= 0.3 is 0 Å². The van der Waals surface area contributed by atoms with Crippen LogP contribution in [0.4, 0.5) is 4.39 Å². The summed E-state index contributed by atoms with van der Waals surface area (Å²) >= 11 is 3.49. The number of ether oxygens (including phenoxy) is 1. The van der Waals surface area contributed by atoms with E-state index in [0.717, 1.165) is 35.9 Å². The summed E-state index contributed by atoms with van der Waals surface area (Å²) in [5.74, 6) is -0.192. The van der Waals surface area contributed by atoms with Gasteiger partial charge in [0.2, 0.25) is 0 Å². The van der Waals surface area contributed by atoms with Crippen molar-refractivity contribution < 1.29 is 9.13 Å². The molecular weight excluding hydrogens is 309 g/mol. The lowest BCUT2D eigenvalue weighted by Gasteiger charge is -2.40. The Morgan fingerprint density at radius 1 is 1.47 bits per heavy atom. The highest BCUT2D eigenvalue weighted by Crippen LogP contribution is 2.31. The van der Waals surface area contributed by atoms with Gasteiger partial charge in [-0.15, -0.1) is 0 Å². The summed E-state index contributed by atoms with van der Waals surface area (Å²) in [7, 11) is 1.95. The van der Waals surface area contributed by atoms with E-state index in [1.54, 1.807) is 12.1 Å². The molecule has 1 N–H and O–H groups in total. The maximum Gasteiger partial charge on any atom is 0.123 e. The number of benzene rings is 1. The largest absolute Gasteiger partial charge is 0.374 e. The third kappa shape index (κ3) is 3.56. The van der Waals surface area contributed by atoms with Crippen molar-refractivity contribution >= 4 is 15.9 Å². The standard InChI is InChI=1S/C15H21BrFNO/c1-15(7-3-4-8-19-15)14(18-2)10-11-9-12(17)5-6-13(11)16/h5-6,9,14,18H,3-4,7-8,10H2,1-2H3. The molecule has 0 saturated carbocycles. The van der Waals surface area contributed by atoms with Gasteiger partial charge in [-0.25, -0.2) is 4.39 Å². The van der Waals surface area contributed by atoms with E-state index in [2.05, 4.69) is 28.2 Å². The molecule has 0 aliphatic carbocycles. The monoisotopic (exact) mass is 329 g/mol. The molecule has 106 valence electrons. The second kappa shape index (κ2) is 6.33. The van der Waals surface area contributed by atoms with Crippen LogP contribution in [0.5, 0.6) is 0 Å². The van der Waals surface area contributed by atoms with Crippen molar-refractivity contribution in [1.82, 2.24) is 5.32 Å². The Balaban J connectivity index is 2.16. The molecular formula is C15H21BrFNO. The first-order chi connectivity index (χ1) is 9.05. The van der Waals surface area contributed by atoms with E-state index >= 15 is 0 Å². The zero-order chi connectivity index (χ0) is 13.9.